The monoisotopic (exact) mass is 254 g/mol. The van der Waals surface area contributed by atoms with Gasteiger partial charge in [-0.05, 0) is 38.1 Å². The van der Waals surface area contributed by atoms with Crippen LogP contribution in [0.2, 0.25) is 0 Å². The molecule has 0 saturated carbocycles. The second kappa shape index (κ2) is 6.96. The summed E-state index contributed by atoms with van der Waals surface area (Å²) in [6.07, 6.45) is 0. The third kappa shape index (κ3) is 5.14. The highest BCUT2D eigenvalue weighted by molar-refractivity contribution is 5.75. The second-order valence-corrected chi connectivity index (χ2v) is 4.33. The first-order chi connectivity index (χ1) is 8.49. The summed E-state index contributed by atoms with van der Waals surface area (Å²) in [5, 5.41) is 0. The molecule has 100 valence electrons. The van der Waals surface area contributed by atoms with Gasteiger partial charge >= 0.3 is 0 Å². The van der Waals surface area contributed by atoms with Crippen LogP contribution in [0, 0.1) is 5.82 Å². The summed E-state index contributed by atoms with van der Waals surface area (Å²) in [5.41, 5.74) is 5.17. The SMILES string of the molecule is CC(C)N(CCOc1ccc(F)cc1)CC(N)=O. The van der Waals surface area contributed by atoms with Gasteiger partial charge in [-0.3, -0.25) is 9.69 Å². The standard InChI is InChI=1S/C13H19FN2O2/c1-10(2)16(9-13(15)17)7-8-18-12-5-3-11(14)4-6-12/h3-6,10H,7-9H2,1-2H3,(H2,15,17). The molecule has 4 nitrogen and oxygen atoms in total. The van der Waals surface area contributed by atoms with Crippen LogP contribution in [0.25, 0.3) is 0 Å². The first-order valence-electron chi connectivity index (χ1n) is 5.89. The molecule has 0 heterocycles. The third-order valence-corrected chi connectivity index (χ3v) is 2.55. The summed E-state index contributed by atoms with van der Waals surface area (Å²) in [6, 6.07) is 6.05. The number of halogens is 1. The van der Waals surface area contributed by atoms with E-state index in [0.29, 0.717) is 18.9 Å². The van der Waals surface area contributed by atoms with Crippen molar-refractivity contribution in [2.75, 3.05) is 19.7 Å². The summed E-state index contributed by atoms with van der Waals surface area (Å²) in [4.78, 5) is 12.8. The van der Waals surface area contributed by atoms with E-state index in [2.05, 4.69) is 0 Å². The van der Waals surface area contributed by atoms with E-state index in [1.807, 2.05) is 18.7 Å². The van der Waals surface area contributed by atoms with Gasteiger partial charge in [0.05, 0.1) is 6.54 Å². The zero-order valence-electron chi connectivity index (χ0n) is 10.7. The van der Waals surface area contributed by atoms with Crippen molar-refractivity contribution in [2.45, 2.75) is 19.9 Å². The minimum absolute atomic E-state index is 0.213. The van der Waals surface area contributed by atoms with Gasteiger partial charge in [-0.1, -0.05) is 0 Å². The Bertz CT molecular complexity index is 379. The molecule has 0 aliphatic heterocycles. The molecule has 1 aromatic carbocycles. The third-order valence-electron chi connectivity index (χ3n) is 2.55. The van der Waals surface area contributed by atoms with Gasteiger partial charge in [-0.25, -0.2) is 4.39 Å². The summed E-state index contributed by atoms with van der Waals surface area (Å²) >= 11 is 0. The Balaban J connectivity index is 2.38. The number of benzene rings is 1. The maximum absolute atomic E-state index is 12.7. The quantitative estimate of drug-likeness (QED) is 0.800. The van der Waals surface area contributed by atoms with Gasteiger partial charge in [0.1, 0.15) is 18.2 Å². The van der Waals surface area contributed by atoms with Crippen molar-refractivity contribution in [3.8, 4) is 5.75 Å². The normalized spacial score (nSPS) is 10.9. The number of nitrogens with zero attached hydrogens (tertiary/aromatic N) is 1. The lowest BCUT2D eigenvalue weighted by Gasteiger charge is -2.24. The van der Waals surface area contributed by atoms with Crippen LogP contribution in [0.5, 0.6) is 5.75 Å². The second-order valence-electron chi connectivity index (χ2n) is 4.33. The topological polar surface area (TPSA) is 55.6 Å². The van der Waals surface area contributed by atoms with E-state index in [1.165, 1.54) is 12.1 Å². The van der Waals surface area contributed by atoms with E-state index in [-0.39, 0.29) is 24.3 Å². The summed E-state index contributed by atoms with van der Waals surface area (Å²) in [6.45, 7) is 5.21. The Morgan fingerprint density at radius 2 is 2.00 bits per heavy atom. The largest absolute Gasteiger partial charge is 0.492 e. The van der Waals surface area contributed by atoms with E-state index in [0.717, 1.165) is 0 Å². The van der Waals surface area contributed by atoms with Gasteiger partial charge in [0.2, 0.25) is 5.91 Å². The van der Waals surface area contributed by atoms with Gasteiger partial charge in [0.25, 0.3) is 0 Å². The molecular formula is C13H19FN2O2. The van der Waals surface area contributed by atoms with Crippen molar-refractivity contribution in [1.29, 1.82) is 0 Å². The van der Waals surface area contributed by atoms with Gasteiger partial charge in [-0.2, -0.15) is 0 Å². The number of ether oxygens (including phenoxy) is 1. The minimum Gasteiger partial charge on any atom is -0.492 e. The fourth-order valence-corrected chi connectivity index (χ4v) is 1.53. The highest BCUT2D eigenvalue weighted by Gasteiger charge is 2.11. The van der Waals surface area contributed by atoms with E-state index in [1.54, 1.807) is 12.1 Å². The van der Waals surface area contributed by atoms with Crippen molar-refractivity contribution in [3.05, 3.63) is 30.1 Å². The van der Waals surface area contributed by atoms with Crippen LogP contribution in [-0.2, 0) is 4.79 Å². The number of hydrogen-bond donors (Lipinski definition) is 1. The molecule has 18 heavy (non-hydrogen) atoms. The van der Waals surface area contributed by atoms with Crippen molar-refractivity contribution in [1.82, 2.24) is 4.90 Å². The number of carbonyl (C=O) groups excluding carboxylic acids is 1. The smallest absolute Gasteiger partial charge is 0.231 e. The Morgan fingerprint density at radius 1 is 1.39 bits per heavy atom. The zero-order chi connectivity index (χ0) is 13.5. The van der Waals surface area contributed by atoms with Crippen molar-refractivity contribution in [3.63, 3.8) is 0 Å². The van der Waals surface area contributed by atoms with Crippen LogP contribution < -0.4 is 10.5 Å². The molecule has 1 amide bonds. The lowest BCUT2D eigenvalue weighted by molar-refractivity contribution is -0.119. The van der Waals surface area contributed by atoms with Crippen molar-refractivity contribution in [2.24, 2.45) is 5.73 Å². The first kappa shape index (κ1) is 14.4. The number of rotatable bonds is 7. The Hall–Kier alpha value is -1.62. The molecule has 0 unspecified atom stereocenters. The van der Waals surface area contributed by atoms with E-state index >= 15 is 0 Å². The van der Waals surface area contributed by atoms with Crippen LogP contribution >= 0.6 is 0 Å². The molecule has 0 fully saturated rings. The molecule has 2 N–H and O–H groups in total. The van der Waals surface area contributed by atoms with Crippen molar-refractivity contribution < 1.29 is 13.9 Å². The van der Waals surface area contributed by atoms with Gasteiger partial charge in [-0.15, -0.1) is 0 Å². The van der Waals surface area contributed by atoms with Crippen LogP contribution in [0.3, 0.4) is 0 Å². The molecule has 0 spiro atoms. The minimum atomic E-state index is -0.356. The molecule has 0 bridgehead atoms. The van der Waals surface area contributed by atoms with E-state index in [4.69, 9.17) is 10.5 Å². The number of primary amides is 1. The number of hydrogen-bond acceptors (Lipinski definition) is 3. The zero-order valence-corrected chi connectivity index (χ0v) is 10.7. The van der Waals surface area contributed by atoms with Gasteiger partial charge in [0, 0.05) is 12.6 Å². The Kier molecular flexibility index (Phi) is 5.58. The van der Waals surface area contributed by atoms with Gasteiger partial charge < -0.3 is 10.5 Å². The van der Waals surface area contributed by atoms with Crippen LogP contribution in [0.15, 0.2) is 24.3 Å². The Labute approximate surface area is 107 Å². The number of carbonyl (C=O) groups is 1. The molecule has 0 aliphatic carbocycles. The first-order valence-corrected chi connectivity index (χ1v) is 5.89. The van der Waals surface area contributed by atoms with E-state index < -0.39 is 0 Å². The number of nitrogens with two attached hydrogens (primary N) is 1. The average Bonchev–Trinajstić information content (AvgIpc) is 2.29. The van der Waals surface area contributed by atoms with Crippen LogP contribution in [-0.4, -0.2) is 36.5 Å². The van der Waals surface area contributed by atoms with Crippen LogP contribution in [0.1, 0.15) is 13.8 Å². The summed E-state index contributed by atoms with van der Waals surface area (Å²) in [5.74, 6) is -0.0375. The number of amides is 1. The van der Waals surface area contributed by atoms with E-state index in [9.17, 15) is 9.18 Å². The molecule has 0 aliphatic rings. The maximum Gasteiger partial charge on any atom is 0.231 e. The molecule has 0 radical (unpaired) electrons. The Morgan fingerprint density at radius 3 is 2.50 bits per heavy atom. The molecule has 1 rings (SSSR count). The fourth-order valence-electron chi connectivity index (χ4n) is 1.53. The summed E-state index contributed by atoms with van der Waals surface area (Å²) < 4.78 is 18.1. The summed E-state index contributed by atoms with van der Waals surface area (Å²) in [7, 11) is 0. The lowest BCUT2D eigenvalue weighted by Crippen LogP contribution is -2.40. The maximum atomic E-state index is 12.7. The van der Waals surface area contributed by atoms with Gasteiger partial charge in [0.15, 0.2) is 0 Å². The molecule has 1 aromatic rings. The fraction of sp³-hybridized carbons (Fsp3) is 0.462. The van der Waals surface area contributed by atoms with Crippen LogP contribution in [0.4, 0.5) is 4.39 Å². The lowest BCUT2D eigenvalue weighted by atomic mass is 10.3. The molecule has 0 aromatic heterocycles. The highest BCUT2D eigenvalue weighted by atomic mass is 19.1. The molecular weight excluding hydrogens is 235 g/mol. The predicted molar refractivity (Wildman–Crippen MR) is 67.8 cm³/mol. The molecule has 5 heteroatoms. The predicted octanol–water partition coefficient (Wildman–Crippen LogP) is 1.40. The highest BCUT2D eigenvalue weighted by Crippen LogP contribution is 2.11. The van der Waals surface area contributed by atoms with Crippen molar-refractivity contribution >= 4 is 5.91 Å². The molecule has 0 saturated heterocycles. The average molecular weight is 254 g/mol. The molecule has 0 atom stereocenters.